The van der Waals surface area contributed by atoms with Crippen LogP contribution in [0.4, 0.5) is 21.6 Å². The molecule has 0 atom stereocenters. The van der Waals surface area contributed by atoms with Crippen LogP contribution in [0.1, 0.15) is 15.9 Å². The number of hydrogen-bond acceptors (Lipinski definition) is 5. The number of aryl methyl sites for hydroxylation is 1. The van der Waals surface area contributed by atoms with Gasteiger partial charge in [-0.15, -0.1) is 0 Å². The van der Waals surface area contributed by atoms with Gasteiger partial charge in [0.15, 0.2) is 0 Å². The minimum Gasteiger partial charge on any atom is -0.342 e. The number of benzene rings is 1. The van der Waals surface area contributed by atoms with Gasteiger partial charge in [-0.3, -0.25) is 4.79 Å². The van der Waals surface area contributed by atoms with Gasteiger partial charge in [-0.05, 0) is 42.8 Å². The molecule has 0 radical (unpaired) electrons. The summed E-state index contributed by atoms with van der Waals surface area (Å²) < 4.78 is 14.0. The average Bonchev–Trinajstić information content (AvgIpc) is 2.61. The quantitative estimate of drug-likeness (QED) is 0.790. The normalized spacial score (nSPS) is 10.4. The predicted molar refractivity (Wildman–Crippen MR) is 93.4 cm³/mol. The number of amides is 1. The Balaban J connectivity index is 1.87. The van der Waals surface area contributed by atoms with Gasteiger partial charge in [-0.1, -0.05) is 0 Å². The Morgan fingerprint density at radius 2 is 1.88 bits per heavy atom. The lowest BCUT2D eigenvalue weighted by atomic mass is 10.1. The molecule has 0 saturated carbocycles. The fraction of sp³-hybridized carbons (Fsp3) is 0.111. The number of nitrogens with one attached hydrogen (secondary N) is 1. The van der Waals surface area contributed by atoms with Crippen LogP contribution < -0.4 is 10.2 Å². The summed E-state index contributed by atoms with van der Waals surface area (Å²) in [5.41, 5.74) is 2.35. The Morgan fingerprint density at radius 1 is 1.12 bits per heavy atom. The maximum Gasteiger partial charge on any atom is 0.256 e. The molecule has 3 rings (SSSR count). The van der Waals surface area contributed by atoms with Gasteiger partial charge < -0.3 is 10.2 Å². The summed E-state index contributed by atoms with van der Waals surface area (Å²) in [5, 5.41) is 2.67. The number of aromatic nitrogens is 3. The van der Waals surface area contributed by atoms with Crippen molar-refractivity contribution >= 4 is 23.1 Å². The molecule has 2 aromatic heterocycles. The summed E-state index contributed by atoms with van der Waals surface area (Å²) in [5.74, 6) is -0.527. The Bertz CT molecular complexity index is 901. The third-order valence-corrected chi connectivity index (χ3v) is 3.62. The number of carbonyl (C=O) groups excluding carboxylic acids is 1. The van der Waals surface area contributed by atoms with Crippen molar-refractivity contribution < 1.29 is 9.18 Å². The number of rotatable bonds is 4. The molecule has 0 aliphatic rings. The number of carbonyl (C=O) groups is 1. The van der Waals surface area contributed by atoms with Crippen molar-refractivity contribution in [2.45, 2.75) is 6.92 Å². The van der Waals surface area contributed by atoms with E-state index in [0.717, 1.165) is 5.56 Å². The fourth-order valence-electron chi connectivity index (χ4n) is 2.31. The third kappa shape index (κ3) is 3.95. The van der Waals surface area contributed by atoms with Crippen molar-refractivity contribution in [1.29, 1.82) is 0 Å². The number of hydrogen-bond donors (Lipinski definition) is 1. The largest absolute Gasteiger partial charge is 0.342 e. The third-order valence-electron chi connectivity index (χ3n) is 3.62. The zero-order valence-electron chi connectivity index (χ0n) is 13.8. The SMILES string of the molecule is Cc1ccnc(NC(=O)c2cc(F)cc(N(C)c3cncnc3)c2)c1. The first-order chi connectivity index (χ1) is 12.0. The van der Waals surface area contributed by atoms with Crippen molar-refractivity contribution in [3.63, 3.8) is 0 Å². The van der Waals surface area contributed by atoms with Crippen molar-refractivity contribution in [1.82, 2.24) is 15.0 Å². The summed E-state index contributed by atoms with van der Waals surface area (Å²) >= 11 is 0. The van der Waals surface area contributed by atoms with E-state index >= 15 is 0 Å². The molecule has 0 bridgehead atoms. The van der Waals surface area contributed by atoms with Crippen LogP contribution in [0.2, 0.25) is 0 Å². The Hall–Kier alpha value is -3.35. The molecule has 2 heterocycles. The number of anilines is 3. The zero-order chi connectivity index (χ0) is 17.8. The van der Waals surface area contributed by atoms with E-state index in [0.29, 0.717) is 17.2 Å². The summed E-state index contributed by atoms with van der Waals surface area (Å²) in [6, 6.07) is 7.69. The van der Waals surface area contributed by atoms with Crippen molar-refractivity contribution in [3.8, 4) is 0 Å². The second kappa shape index (κ2) is 7.04. The second-order valence-electron chi connectivity index (χ2n) is 5.53. The number of halogens is 1. The molecule has 0 unspecified atom stereocenters. The molecule has 0 saturated heterocycles. The van der Waals surface area contributed by atoms with Crippen LogP contribution in [0, 0.1) is 12.7 Å². The van der Waals surface area contributed by atoms with Crippen molar-refractivity contribution in [3.05, 3.63) is 72.2 Å². The highest BCUT2D eigenvalue weighted by Crippen LogP contribution is 2.24. The van der Waals surface area contributed by atoms with E-state index in [1.807, 2.05) is 13.0 Å². The van der Waals surface area contributed by atoms with Gasteiger partial charge in [0.2, 0.25) is 0 Å². The molecule has 1 aromatic carbocycles. The average molecular weight is 337 g/mol. The molecule has 1 N–H and O–H groups in total. The van der Waals surface area contributed by atoms with Crippen LogP contribution in [-0.2, 0) is 0 Å². The van der Waals surface area contributed by atoms with Gasteiger partial charge in [-0.2, -0.15) is 0 Å². The summed E-state index contributed by atoms with van der Waals surface area (Å²) in [4.78, 5) is 26.1. The van der Waals surface area contributed by atoms with Crippen molar-refractivity contribution in [2.24, 2.45) is 0 Å². The van der Waals surface area contributed by atoms with E-state index in [1.165, 1.54) is 18.5 Å². The summed E-state index contributed by atoms with van der Waals surface area (Å²) in [6.07, 6.45) is 6.23. The van der Waals surface area contributed by atoms with E-state index in [2.05, 4.69) is 20.3 Å². The highest BCUT2D eigenvalue weighted by molar-refractivity contribution is 6.04. The molecular formula is C18H16FN5O. The molecule has 7 heteroatoms. The molecule has 6 nitrogen and oxygen atoms in total. The molecule has 0 spiro atoms. The van der Waals surface area contributed by atoms with Gasteiger partial charge in [0, 0.05) is 24.5 Å². The number of pyridine rings is 1. The molecule has 126 valence electrons. The standard InChI is InChI=1S/C18H16FN5O/c1-12-3-4-22-17(5-12)23-18(25)13-6-14(19)8-15(7-13)24(2)16-9-20-11-21-10-16/h3-11H,1-2H3,(H,22,23,25). The minimum absolute atomic E-state index is 0.196. The van der Waals surface area contributed by atoms with Gasteiger partial charge in [-0.25, -0.2) is 19.3 Å². The van der Waals surface area contributed by atoms with Crippen LogP contribution in [-0.4, -0.2) is 27.9 Å². The highest BCUT2D eigenvalue weighted by atomic mass is 19.1. The molecule has 0 aliphatic heterocycles. The maximum absolute atomic E-state index is 14.0. The van der Waals surface area contributed by atoms with Crippen molar-refractivity contribution in [2.75, 3.05) is 17.3 Å². The Morgan fingerprint density at radius 3 is 2.60 bits per heavy atom. The van der Waals surface area contributed by atoms with E-state index in [1.54, 1.807) is 42.7 Å². The molecule has 1 amide bonds. The van der Waals surface area contributed by atoms with E-state index in [9.17, 15) is 9.18 Å². The van der Waals surface area contributed by atoms with Crippen LogP contribution in [0.25, 0.3) is 0 Å². The summed E-state index contributed by atoms with van der Waals surface area (Å²) in [7, 11) is 1.75. The minimum atomic E-state index is -0.511. The molecular weight excluding hydrogens is 321 g/mol. The monoisotopic (exact) mass is 337 g/mol. The Labute approximate surface area is 144 Å². The highest BCUT2D eigenvalue weighted by Gasteiger charge is 2.13. The van der Waals surface area contributed by atoms with Gasteiger partial charge in [0.1, 0.15) is 18.0 Å². The van der Waals surface area contributed by atoms with Crippen LogP contribution >= 0.6 is 0 Å². The lowest BCUT2D eigenvalue weighted by molar-refractivity contribution is 0.102. The molecule has 0 fully saturated rings. The van der Waals surface area contributed by atoms with Crippen LogP contribution in [0.5, 0.6) is 0 Å². The lowest BCUT2D eigenvalue weighted by Crippen LogP contribution is -2.15. The zero-order valence-corrected chi connectivity index (χ0v) is 13.8. The van der Waals surface area contributed by atoms with Crippen LogP contribution in [0.3, 0.4) is 0 Å². The maximum atomic E-state index is 14.0. The number of nitrogens with zero attached hydrogens (tertiary/aromatic N) is 4. The first kappa shape index (κ1) is 16.5. The topological polar surface area (TPSA) is 71.0 Å². The van der Waals surface area contributed by atoms with Gasteiger partial charge in [0.05, 0.1) is 18.1 Å². The van der Waals surface area contributed by atoms with Crippen LogP contribution in [0.15, 0.2) is 55.2 Å². The molecule has 0 aliphatic carbocycles. The second-order valence-corrected chi connectivity index (χ2v) is 5.53. The lowest BCUT2D eigenvalue weighted by Gasteiger charge is -2.19. The van der Waals surface area contributed by atoms with Gasteiger partial charge >= 0.3 is 0 Å². The first-order valence-electron chi connectivity index (χ1n) is 7.56. The summed E-state index contributed by atoms with van der Waals surface area (Å²) in [6.45, 7) is 1.90. The van der Waals surface area contributed by atoms with E-state index < -0.39 is 11.7 Å². The Kier molecular flexibility index (Phi) is 4.65. The first-order valence-corrected chi connectivity index (χ1v) is 7.56. The smallest absolute Gasteiger partial charge is 0.256 e. The predicted octanol–water partition coefficient (Wildman–Crippen LogP) is 3.34. The van der Waals surface area contributed by atoms with E-state index in [-0.39, 0.29) is 5.56 Å². The fourth-order valence-corrected chi connectivity index (χ4v) is 2.31. The molecule has 3 aromatic rings. The van der Waals surface area contributed by atoms with Gasteiger partial charge in [0.25, 0.3) is 5.91 Å². The van der Waals surface area contributed by atoms with E-state index in [4.69, 9.17) is 0 Å². The molecule has 25 heavy (non-hydrogen) atoms.